The van der Waals surface area contributed by atoms with Crippen LogP contribution in [0.15, 0.2) is 48.8 Å². The number of benzene rings is 2. The summed E-state index contributed by atoms with van der Waals surface area (Å²) in [4.78, 5) is 39.5. The van der Waals surface area contributed by atoms with Crippen molar-refractivity contribution in [2.24, 2.45) is 0 Å². The van der Waals surface area contributed by atoms with Gasteiger partial charge in [-0.15, -0.1) is 0 Å². The van der Waals surface area contributed by atoms with E-state index in [0.717, 1.165) is 48.8 Å². The molecular formula is C37H34Cl2F8N8O6. The van der Waals surface area contributed by atoms with E-state index in [0.29, 0.717) is 43.1 Å². The lowest BCUT2D eigenvalue weighted by Gasteiger charge is -2.29. The average molecular weight is 910 g/mol. The van der Waals surface area contributed by atoms with Gasteiger partial charge in [0.25, 0.3) is 0 Å². The predicted octanol–water partition coefficient (Wildman–Crippen LogP) is 8.32. The number of hydrogen-bond acceptors (Lipinski definition) is 8. The number of hydrogen-bond donors (Lipinski definition) is 4. The number of rotatable bonds is 6. The van der Waals surface area contributed by atoms with Crippen LogP contribution >= 0.6 is 23.2 Å². The van der Waals surface area contributed by atoms with Crippen LogP contribution in [0, 0.1) is 34.3 Å². The van der Waals surface area contributed by atoms with Crippen molar-refractivity contribution in [3.63, 3.8) is 0 Å². The van der Waals surface area contributed by atoms with E-state index in [2.05, 4.69) is 22.4 Å². The Balaban J connectivity index is 0.000000250. The molecule has 0 spiro atoms. The molecule has 0 unspecified atom stereocenters. The summed E-state index contributed by atoms with van der Waals surface area (Å²) in [6.07, 6.45) is -4.16. The Morgan fingerprint density at radius 2 is 1.07 bits per heavy atom. The molecular weight excluding hydrogens is 875 g/mol. The van der Waals surface area contributed by atoms with E-state index in [1.54, 1.807) is 29.0 Å². The summed E-state index contributed by atoms with van der Waals surface area (Å²) in [7, 11) is 0. The summed E-state index contributed by atoms with van der Waals surface area (Å²) < 4.78 is 93.8. The first-order valence-corrected chi connectivity index (χ1v) is 18.4. The molecule has 0 bridgehead atoms. The molecule has 14 nitrogen and oxygen atoms in total. The maximum absolute atomic E-state index is 13.4. The van der Waals surface area contributed by atoms with E-state index in [4.69, 9.17) is 63.6 Å². The maximum atomic E-state index is 13.4. The van der Waals surface area contributed by atoms with Gasteiger partial charge in [0.05, 0.1) is 33.6 Å². The second-order valence-electron chi connectivity index (χ2n) is 13.0. The number of piperidine rings is 2. The lowest BCUT2D eigenvalue weighted by Crippen LogP contribution is -2.37. The summed E-state index contributed by atoms with van der Waals surface area (Å²) >= 11 is 11.7. The number of amides is 1. The molecule has 1 amide bonds. The first-order chi connectivity index (χ1) is 28.6. The number of carboxylic acid groups (broad SMARTS) is 3. The first-order valence-electron chi connectivity index (χ1n) is 17.6. The fourth-order valence-corrected chi connectivity index (χ4v) is 6.28. The number of aromatic nitrogens is 4. The van der Waals surface area contributed by atoms with Crippen LogP contribution < -0.4 is 5.32 Å². The molecule has 328 valence electrons. The number of imidazole rings is 2. The third kappa shape index (κ3) is 14.6. The summed E-state index contributed by atoms with van der Waals surface area (Å²) in [6.45, 7) is 3.22. The fraction of sp³-hybridized carbons (Fsp3) is 0.378. The summed E-state index contributed by atoms with van der Waals surface area (Å²) in [5.41, 5.74) is 2.78. The van der Waals surface area contributed by atoms with E-state index in [1.807, 2.05) is 10.8 Å². The lowest BCUT2D eigenvalue weighted by atomic mass is 9.96. The topological polar surface area (TPSA) is 210 Å². The van der Waals surface area contributed by atoms with Crippen LogP contribution in [0.5, 0.6) is 0 Å². The summed E-state index contributed by atoms with van der Waals surface area (Å²) in [5, 5.41) is 44.8. The number of nitrogens with one attached hydrogen (secondary N) is 1. The Kier molecular flexibility index (Phi) is 17.8. The number of carboxylic acids is 2. The summed E-state index contributed by atoms with van der Waals surface area (Å²) in [5.74, 6) is -4.35. The van der Waals surface area contributed by atoms with Crippen LogP contribution in [-0.2, 0) is 22.7 Å². The van der Waals surface area contributed by atoms with Gasteiger partial charge in [0.1, 0.15) is 36.4 Å². The fourth-order valence-electron chi connectivity index (χ4n) is 5.92. The highest BCUT2D eigenvalue weighted by atomic mass is 35.5. The molecule has 4 N–H and O–H groups in total. The molecule has 2 fully saturated rings. The standard InChI is InChI=1S/C17H16ClFN4O2.C16H16ClFN4.2C2HF3O2/c18-13-9-12(1-2-14(13)19)15-10-23(8-5-20)16(21-15)11-3-6-22(7-4-11)17(24)25;17-13-9-12(1-2-14(13)18)15-10-22(8-5-19)16(21-15)11-3-6-20-7-4-11;2*3-2(4,5)1(6)7/h1-2,9-11H,3-4,6-8H2,(H,24,25);1-2,9-11,20H,3-4,6-8H2;2*(H,6,7). The average Bonchev–Trinajstić information content (AvgIpc) is 3.82. The highest BCUT2D eigenvalue weighted by Crippen LogP contribution is 2.32. The number of alkyl halides is 6. The van der Waals surface area contributed by atoms with Crippen molar-refractivity contribution < 1.29 is 64.8 Å². The highest BCUT2D eigenvalue weighted by molar-refractivity contribution is 6.31. The van der Waals surface area contributed by atoms with E-state index >= 15 is 0 Å². The van der Waals surface area contributed by atoms with Gasteiger partial charge < -0.3 is 34.7 Å². The molecule has 0 aliphatic carbocycles. The van der Waals surface area contributed by atoms with Gasteiger partial charge >= 0.3 is 30.4 Å². The van der Waals surface area contributed by atoms with E-state index in [9.17, 15) is 39.9 Å². The number of halogens is 10. The van der Waals surface area contributed by atoms with Gasteiger partial charge in [-0.25, -0.2) is 33.1 Å². The molecule has 4 heterocycles. The zero-order chi connectivity index (χ0) is 45.7. The smallest absolute Gasteiger partial charge is 0.475 e. The van der Waals surface area contributed by atoms with E-state index in [-0.39, 0.29) is 29.1 Å². The molecule has 24 heteroatoms. The molecule has 2 aromatic heterocycles. The van der Waals surface area contributed by atoms with Crippen LogP contribution in [-0.4, -0.2) is 95.9 Å². The Hall–Kier alpha value is -5.97. The zero-order valence-corrected chi connectivity index (χ0v) is 32.8. The van der Waals surface area contributed by atoms with Crippen LogP contribution in [0.2, 0.25) is 10.0 Å². The van der Waals surface area contributed by atoms with Crippen molar-refractivity contribution in [2.75, 3.05) is 26.2 Å². The highest BCUT2D eigenvalue weighted by Gasteiger charge is 2.39. The molecule has 4 aromatic rings. The predicted molar refractivity (Wildman–Crippen MR) is 200 cm³/mol. The number of nitriles is 2. The van der Waals surface area contributed by atoms with E-state index < -0.39 is 42.0 Å². The molecule has 0 atom stereocenters. The van der Waals surface area contributed by atoms with Crippen molar-refractivity contribution in [2.45, 2.75) is 63.0 Å². The maximum Gasteiger partial charge on any atom is 0.490 e. The molecule has 2 aromatic carbocycles. The number of nitrogens with zero attached hydrogens (tertiary/aromatic N) is 7. The number of carbonyl (C=O) groups is 3. The van der Waals surface area contributed by atoms with Crippen LogP contribution in [0.25, 0.3) is 22.5 Å². The molecule has 0 radical (unpaired) electrons. The van der Waals surface area contributed by atoms with Crippen molar-refractivity contribution >= 4 is 41.2 Å². The Morgan fingerprint density at radius 1 is 0.705 bits per heavy atom. The van der Waals surface area contributed by atoms with Gasteiger partial charge in [-0.3, -0.25) is 0 Å². The minimum Gasteiger partial charge on any atom is -0.475 e. The van der Waals surface area contributed by atoms with Crippen molar-refractivity contribution in [3.8, 4) is 34.7 Å². The molecule has 2 aliphatic heterocycles. The second-order valence-corrected chi connectivity index (χ2v) is 13.8. The third-order valence-corrected chi connectivity index (χ3v) is 9.43. The van der Waals surface area contributed by atoms with Gasteiger partial charge in [0.15, 0.2) is 0 Å². The number of likely N-dealkylation sites (tertiary alicyclic amines) is 1. The Bertz CT molecular complexity index is 2220. The molecule has 0 saturated carbocycles. The van der Waals surface area contributed by atoms with Crippen molar-refractivity contribution in [1.82, 2.24) is 29.3 Å². The van der Waals surface area contributed by atoms with Crippen LogP contribution in [0.1, 0.15) is 49.2 Å². The monoisotopic (exact) mass is 908 g/mol. The van der Waals surface area contributed by atoms with Crippen molar-refractivity contribution in [1.29, 1.82) is 10.5 Å². The molecule has 61 heavy (non-hydrogen) atoms. The molecule has 2 saturated heterocycles. The largest absolute Gasteiger partial charge is 0.490 e. The quantitative estimate of drug-likeness (QED) is 0.135. The molecule has 6 rings (SSSR count). The van der Waals surface area contributed by atoms with Gasteiger partial charge in [0.2, 0.25) is 0 Å². The normalized spacial score (nSPS) is 14.5. The minimum atomic E-state index is -5.08. The number of aliphatic carboxylic acids is 2. The lowest BCUT2D eigenvalue weighted by molar-refractivity contribution is -0.193. The Labute approximate surface area is 351 Å². The second kappa shape index (κ2) is 22.0. The van der Waals surface area contributed by atoms with Crippen LogP contribution in [0.3, 0.4) is 0 Å². The third-order valence-electron chi connectivity index (χ3n) is 8.85. The van der Waals surface area contributed by atoms with E-state index in [1.165, 1.54) is 23.1 Å². The molecule has 2 aliphatic rings. The zero-order valence-electron chi connectivity index (χ0n) is 31.3. The van der Waals surface area contributed by atoms with Crippen LogP contribution in [0.4, 0.5) is 39.9 Å². The van der Waals surface area contributed by atoms with Gasteiger partial charge in [-0.05, 0) is 75.2 Å². The van der Waals surface area contributed by atoms with Gasteiger partial charge in [0, 0.05) is 48.4 Å². The summed E-state index contributed by atoms with van der Waals surface area (Å²) in [6, 6.07) is 13.2. The SMILES string of the molecule is N#CCn1cc(-c2ccc(F)c(Cl)c2)nc1C1CCN(C(=O)O)CC1.N#CCn1cc(-c2ccc(F)c(Cl)c2)nc1C1CCNCC1.O=C(O)C(F)(F)F.O=C(O)C(F)(F)F. The van der Waals surface area contributed by atoms with Gasteiger partial charge in [-0.2, -0.15) is 36.9 Å². The minimum absolute atomic E-state index is 0.0173. The van der Waals surface area contributed by atoms with Gasteiger partial charge in [-0.1, -0.05) is 23.2 Å². The first kappa shape index (κ1) is 49.4. The van der Waals surface area contributed by atoms with Crippen molar-refractivity contribution in [3.05, 3.63) is 82.1 Å². The Morgan fingerprint density at radius 3 is 1.38 bits per heavy atom.